The molecule has 0 spiro atoms. The minimum absolute atomic E-state index is 0.0000926. The van der Waals surface area contributed by atoms with Gasteiger partial charge in [-0.25, -0.2) is 4.79 Å². The Balaban J connectivity index is 3.34. The smallest absolute Gasteiger partial charge is 0.349 e. The van der Waals surface area contributed by atoms with Gasteiger partial charge in [0.1, 0.15) is 17.4 Å². The van der Waals surface area contributed by atoms with Crippen LogP contribution in [-0.4, -0.2) is 13.1 Å². The Morgan fingerprint density at radius 1 is 1.56 bits per heavy atom. The molecule has 0 aromatic carbocycles. The molecule has 0 saturated heterocycles. The fraction of sp³-hybridized carbons (Fsp3) is 0.333. The van der Waals surface area contributed by atoms with Gasteiger partial charge in [0.05, 0.1) is 13.4 Å². The van der Waals surface area contributed by atoms with Crippen LogP contribution in [0.1, 0.15) is 19.6 Å². The normalized spacial score (nSPS) is 11.9. The molecule has 1 aromatic heterocycles. The van der Waals surface area contributed by atoms with Crippen LogP contribution in [-0.2, 0) is 9.53 Å². The van der Waals surface area contributed by atoms with E-state index in [-0.39, 0.29) is 11.5 Å². The van der Waals surface area contributed by atoms with Crippen molar-refractivity contribution in [2.24, 2.45) is 5.92 Å². The Kier molecular flexibility index (Phi) is 3.90. The summed E-state index contributed by atoms with van der Waals surface area (Å²) in [6.45, 7) is 3.77. The van der Waals surface area contributed by atoms with Crippen molar-refractivity contribution < 1.29 is 13.9 Å². The molecule has 0 saturated carbocycles. The van der Waals surface area contributed by atoms with E-state index in [0.29, 0.717) is 11.3 Å². The highest BCUT2D eigenvalue weighted by molar-refractivity contribution is 6.01. The van der Waals surface area contributed by atoms with E-state index in [0.717, 1.165) is 0 Å². The molecule has 0 atom stereocenters. The van der Waals surface area contributed by atoms with Crippen molar-refractivity contribution in [2.75, 3.05) is 7.11 Å². The van der Waals surface area contributed by atoms with Crippen molar-refractivity contribution in [2.45, 2.75) is 13.8 Å². The van der Waals surface area contributed by atoms with Gasteiger partial charge in [0, 0.05) is 5.57 Å². The lowest BCUT2D eigenvalue weighted by atomic mass is 9.95. The molecule has 0 aliphatic carbocycles. The largest absolute Gasteiger partial charge is 0.465 e. The lowest BCUT2D eigenvalue weighted by Gasteiger charge is -2.10. The molecule has 0 aliphatic rings. The SMILES string of the molecule is COC(=O)C(C#N)=C(c1ccco1)C(C)C. The van der Waals surface area contributed by atoms with Crippen LogP contribution in [0, 0.1) is 17.2 Å². The maximum absolute atomic E-state index is 11.4. The van der Waals surface area contributed by atoms with Crippen molar-refractivity contribution in [3.8, 4) is 6.07 Å². The average molecular weight is 219 g/mol. The van der Waals surface area contributed by atoms with Crippen LogP contribution >= 0.6 is 0 Å². The molecule has 0 aliphatic heterocycles. The van der Waals surface area contributed by atoms with E-state index >= 15 is 0 Å². The molecule has 4 nitrogen and oxygen atoms in total. The predicted molar refractivity (Wildman–Crippen MR) is 58.1 cm³/mol. The van der Waals surface area contributed by atoms with Gasteiger partial charge in [-0.3, -0.25) is 0 Å². The first-order valence-corrected chi connectivity index (χ1v) is 4.88. The highest BCUT2D eigenvalue weighted by Crippen LogP contribution is 2.27. The molecule has 0 bridgehead atoms. The molecule has 0 radical (unpaired) electrons. The first-order valence-electron chi connectivity index (χ1n) is 4.88. The Morgan fingerprint density at radius 2 is 2.25 bits per heavy atom. The van der Waals surface area contributed by atoms with Crippen LogP contribution in [0.2, 0.25) is 0 Å². The van der Waals surface area contributed by atoms with Crippen LogP contribution in [0.15, 0.2) is 28.4 Å². The quantitative estimate of drug-likeness (QED) is 0.445. The van der Waals surface area contributed by atoms with Gasteiger partial charge in [0.2, 0.25) is 0 Å². The fourth-order valence-corrected chi connectivity index (χ4v) is 1.45. The van der Waals surface area contributed by atoms with Gasteiger partial charge in [0.25, 0.3) is 0 Å². The van der Waals surface area contributed by atoms with Crippen LogP contribution < -0.4 is 0 Å². The summed E-state index contributed by atoms with van der Waals surface area (Å²) >= 11 is 0. The fourth-order valence-electron chi connectivity index (χ4n) is 1.45. The summed E-state index contributed by atoms with van der Waals surface area (Å²) in [7, 11) is 1.25. The first-order chi connectivity index (χ1) is 7.61. The Bertz CT molecular complexity index is 435. The standard InChI is InChI=1S/C12H13NO3/c1-8(2)11(10-5-4-6-16-10)9(7-13)12(14)15-3/h4-6,8H,1-3H3. The van der Waals surface area contributed by atoms with Crippen LogP contribution in [0.5, 0.6) is 0 Å². The van der Waals surface area contributed by atoms with Crippen LogP contribution in [0.3, 0.4) is 0 Å². The van der Waals surface area contributed by atoms with Gasteiger partial charge in [0.15, 0.2) is 0 Å². The zero-order chi connectivity index (χ0) is 12.1. The summed E-state index contributed by atoms with van der Waals surface area (Å²) in [6, 6.07) is 5.30. The summed E-state index contributed by atoms with van der Waals surface area (Å²) < 4.78 is 9.79. The van der Waals surface area contributed by atoms with E-state index < -0.39 is 5.97 Å². The molecule has 16 heavy (non-hydrogen) atoms. The Labute approximate surface area is 94.1 Å². The third kappa shape index (κ3) is 2.31. The molecule has 4 heteroatoms. The molecule has 0 amide bonds. The molecule has 0 N–H and O–H groups in total. The third-order valence-corrected chi connectivity index (χ3v) is 2.13. The third-order valence-electron chi connectivity index (χ3n) is 2.13. The molecular weight excluding hydrogens is 206 g/mol. The Morgan fingerprint density at radius 3 is 2.62 bits per heavy atom. The van der Waals surface area contributed by atoms with Gasteiger partial charge in [-0.15, -0.1) is 0 Å². The van der Waals surface area contributed by atoms with Gasteiger partial charge < -0.3 is 9.15 Å². The van der Waals surface area contributed by atoms with Gasteiger partial charge in [-0.05, 0) is 18.1 Å². The highest BCUT2D eigenvalue weighted by Gasteiger charge is 2.21. The molecule has 1 rings (SSSR count). The van der Waals surface area contributed by atoms with Gasteiger partial charge >= 0.3 is 5.97 Å². The van der Waals surface area contributed by atoms with Crippen molar-refractivity contribution >= 4 is 11.5 Å². The maximum Gasteiger partial charge on any atom is 0.349 e. The predicted octanol–water partition coefficient (Wildman–Crippen LogP) is 2.39. The number of furan rings is 1. The van der Waals surface area contributed by atoms with E-state index in [4.69, 9.17) is 9.68 Å². The number of methoxy groups -OCH3 is 1. The second-order valence-corrected chi connectivity index (χ2v) is 3.52. The second kappa shape index (κ2) is 5.17. The van der Waals surface area contributed by atoms with E-state index in [1.54, 1.807) is 12.1 Å². The zero-order valence-corrected chi connectivity index (χ0v) is 9.48. The molecule has 0 fully saturated rings. The van der Waals surface area contributed by atoms with E-state index in [9.17, 15) is 4.79 Å². The van der Waals surface area contributed by atoms with Crippen molar-refractivity contribution in [3.05, 3.63) is 29.7 Å². The first kappa shape index (κ1) is 12.1. The lowest BCUT2D eigenvalue weighted by molar-refractivity contribution is -0.135. The molecule has 84 valence electrons. The van der Waals surface area contributed by atoms with Gasteiger partial charge in [-0.2, -0.15) is 5.26 Å². The number of esters is 1. The van der Waals surface area contributed by atoms with E-state index in [1.807, 2.05) is 19.9 Å². The monoisotopic (exact) mass is 219 g/mol. The second-order valence-electron chi connectivity index (χ2n) is 3.52. The van der Waals surface area contributed by atoms with Crippen molar-refractivity contribution in [3.63, 3.8) is 0 Å². The number of nitrogens with zero attached hydrogens (tertiary/aromatic N) is 1. The molecule has 1 aromatic rings. The van der Waals surface area contributed by atoms with E-state index in [2.05, 4.69) is 4.74 Å². The molecular formula is C12H13NO3. The number of carbonyl (C=O) groups is 1. The summed E-state index contributed by atoms with van der Waals surface area (Å²) in [5, 5.41) is 9.00. The Hall–Kier alpha value is -2.02. The topological polar surface area (TPSA) is 63.2 Å². The molecule has 1 heterocycles. The maximum atomic E-state index is 11.4. The summed E-state index contributed by atoms with van der Waals surface area (Å²) in [6.07, 6.45) is 1.50. The summed E-state index contributed by atoms with van der Waals surface area (Å²) in [4.78, 5) is 11.4. The number of carbonyl (C=O) groups excluding carboxylic acids is 1. The number of allylic oxidation sites excluding steroid dienone is 1. The van der Waals surface area contributed by atoms with E-state index in [1.165, 1.54) is 13.4 Å². The number of hydrogen-bond donors (Lipinski definition) is 0. The zero-order valence-electron chi connectivity index (χ0n) is 9.48. The van der Waals surface area contributed by atoms with Crippen molar-refractivity contribution in [1.82, 2.24) is 0 Å². The number of ether oxygens (including phenoxy) is 1. The minimum Gasteiger partial charge on any atom is -0.465 e. The highest BCUT2D eigenvalue weighted by atomic mass is 16.5. The number of rotatable bonds is 3. The minimum atomic E-state index is -0.636. The average Bonchev–Trinajstić information content (AvgIpc) is 2.77. The van der Waals surface area contributed by atoms with Crippen LogP contribution in [0.4, 0.5) is 0 Å². The molecule has 0 unspecified atom stereocenters. The van der Waals surface area contributed by atoms with Crippen molar-refractivity contribution in [1.29, 1.82) is 5.26 Å². The number of nitriles is 1. The lowest BCUT2D eigenvalue weighted by Crippen LogP contribution is -2.08. The number of hydrogen-bond acceptors (Lipinski definition) is 4. The summed E-state index contributed by atoms with van der Waals surface area (Å²) in [5.74, 6) is -0.112. The summed E-state index contributed by atoms with van der Waals surface area (Å²) in [5.41, 5.74) is 0.562. The van der Waals surface area contributed by atoms with Crippen LogP contribution in [0.25, 0.3) is 5.57 Å². The van der Waals surface area contributed by atoms with Gasteiger partial charge in [-0.1, -0.05) is 13.8 Å².